The molecular formula is C15H18BrNO5. The largest absolute Gasteiger partial charge is 0.493 e. The fourth-order valence-corrected chi connectivity index (χ4v) is 2.75. The van der Waals surface area contributed by atoms with Gasteiger partial charge < -0.3 is 19.5 Å². The van der Waals surface area contributed by atoms with E-state index in [1.54, 1.807) is 12.1 Å². The van der Waals surface area contributed by atoms with Gasteiger partial charge in [-0.25, -0.2) is 0 Å². The summed E-state index contributed by atoms with van der Waals surface area (Å²) in [6.07, 6.45) is 1.68. The van der Waals surface area contributed by atoms with Crippen LogP contribution < -0.4 is 9.47 Å². The number of carboxylic acid groups (broad SMARTS) is 1. The normalized spacial score (nSPS) is 13.6. The molecule has 7 heteroatoms. The zero-order chi connectivity index (χ0) is 16.3. The van der Waals surface area contributed by atoms with Crippen molar-refractivity contribution in [3.05, 3.63) is 22.2 Å². The number of aliphatic carboxylic acids is 1. The lowest BCUT2D eigenvalue weighted by Gasteiger charge is -2.21. The molecule has 0 saturated heterocycles. The van der Waals surface area contributed by atoms with E-state index in [1.165, 1.54) is 12.0 Å². The fourth-order valence-electron chi connectivity index (χ4n) is 2.19. The maximum atomic E-state index is 12.6. The van der Waals surface area contributed by atoms with Crippen LogP contribution in [0, 0.1) is 0 Å². The molecule has 1 N–H and O–H groups in total. The first-order valence-corrected chi connectivity index (χ1v) is 7.80. The number of halogens is 1. The maximum Gasteiger partial charge on any atom is 0.323 e. The summed E-state index contributed by atoms with van der Waals surface area (Å²) in [6, 6.07) is 3.22. The molecule has 0 spiro atoms. The first-order chi connectivity index (χ1) is 10.5. The molecule has 22 heavy (non-hydrogen) atoms. The van der Waals surface area contributed by atoms with E-state index in [2.05, 4.69) is 15.9 Å². The summed E-state index contributed by atoms with van der Waals surface area (Å²) in [5.74, 6) is -0.368. The third-order valence-electron chi connectivity index (χ3n) is 3.32. The zero-order valence-corrected chi connectivity index (χ0v) is 14.1. The molecule has 1 aromatic rings. The van der Waals surface area contributed by atoms with Crippen molar-refractivity contribution < 1.29 is 24.2 Å². The van der Waals surface area contributed by atoms with E-state index in [4.69, 9.17) is 14.6 Å². The van der Waals surface area contributed by atoms with Crippen LogP contribution in [0.1, 0.15) is 30.1 Å². The predicted octanol–water partition coefficient (Wildman–Crippen LogP) is 2.55. The molecule has 1 saturated carbocycles. The first kappa shape index (κ1) is 16.6. The van der Waals surface area contributed by atoms with Gasteiger partial charge >= 0.3 is 5.97 Å². The molecular weight excluding hydrogens is 354 g/mol. The Balaban J connectivity index is 2.32. The van der Waals surface area contributed by atoms with Crippen LogP contribution in [0.15, 0.2) is 16.6 Å². The minimum Gasteiger partial charge on any atom is -0.493 e. The second-order valence-electron chi connectivity index (χ2n) is 4.98. The second kappa shape index (κ2) is 7.00. The van der Waals surface area contributed by atoms with Crippen LogP contribution in [0.2, 0.25) is 0 Å². The van der Waals surface area contributed by atoms with E-state index < -0.39 is 5.97 Å². The summed E-state index contributed by atoms with van der Waals surface area (Å²) in [6.45, 7) is 2.03. The van der Waals surface area contributed by atoms with Gasteiger partial charge in [0.25, 0.3) is 5.91 Å². The van der Waals surface area contributed by atoms with Gasteiger partial charge in [-0.15, -0.1) is 0 Å². The number of amides is 1. The van der Waals surface area contributed by atoms with E-state index in [0.717, 1.165) is 12.8 Å². The summed E-state index contributed by atoms with van der Waals surface area (Å²) >= 11 is 3.37. The van der Waals surface area contributed by atoms with Gasteiger partial charge in [0.05, 0.1) is 18.2 Å². The fraction of sp³-hybridized carbons (Fsp3) is 0.467. The highest BCUT2D eigenvalue weighted by molar-refractivity contribution is 9.10. The number of hydrogen-bond donors (Lipinski definition) is 1. The average Bonchev–Trinajstić information content (AvgIpc) is 3.30. The lowest BCUT2D eigenvalue weighted by Crippen LogP contribution is -2.37. The molecule has 0 unspecified atom stereocenters. The minimum absolute atomic E-state index is 0.0138. The molecule has 6 nitrogen and oxygen atoms in total. The molecule has 0 atom stereocenters. The Morgan fingerprint density at radius 3 is 2.59 bits per heavy atom. The summed E-state index contributed by atoms with van der Waals surface area (Å²) < 4.78 is 11.4. The maximum absolute atomic E-state index is 12.6. The van der Waals surface area contributed by atoms with Crippen LogP contribution in [-0.2, 0) is 4.79 Å². The van der Waals surface area contributed by atoms with Gasteiger partial charge in [0, 0.05) is 11.6 Å². The predicted molar refractivity (Wildman–Crippen MR) is 83.6 cm³/mol. The van der Waals surface area contributed by atoms with Gasteiger partial charge in [0.15, 0.2) is 11.5 Å². The molecule has 0 bridgehead atoms. The number of methoxy groups -OCH3 is 1. The Bertz CT molecular complexity index is 586. The van der Waals surface area contributed by atoms with Gasteiger partial charge in [-0.3, -0.25) is 9.59 Å². The number of hydrogen-bond acceptors (Lipinski definition) is 4. The van der Waals surface area contributed by atoms with Gasteiger partial charge in [-0.2, -0.15) is 0 Å². The third-order valence-corrected chi connectivity index (χ3v) is 3.91. The van der Waals surface area contributed by atoms with Crippen molar-refractivity contribution in [2.75, 3.05) is 20.3 Å². The molecule has 2 rings (SSSR count). The van der Waals surface area contributed by atoms with E-state index in [9.17, 15) is 9.59 Å². The van der Waals surface area contributed by atoms with Crippen molar-refractivity contribution in [2.45, 2.75) is 25.8 Å². The second-order valence-corrected chi connectivity index (χ2v) is 5.83. The molecule has 1 aliphatic carbocycles. The van der Waals surface area contributed by atoms with Gasteiger partial charge in [-0.1, -0.05) is 0 Å². The Morgan fingerprint density at radius 2 is 2.09 bits per heavy atom. The van der Waals surface area contributed by atoms with Crippen molar-refractivity contribution in [2.24, 2.45) is 0 Å². The van der Waals surface area contributed by atoms with E-state index in [1.807, 2.05) is 6.92 Å². The molecule has 0 aromatic heterocycles. The molecule has 1 aromatic carbocycles. The molecule has 0 radical (unpaired) electrons. The van der Waals surface area contributed by atoms with Gasteiger partial charge in [0.1, 0.15) is 6.54 Å². The quantitative estimate of drug-likeness (QED) is 0.796. The number of ether oxygens (including phenoxy) is 2. The summed E-state index contributed by atoms with van der Waals surface area (Å²) in [7, 11) is 1.49. The summed E-state index contributed by atoms with van der Waals surface area (Å²) in [4.78, 5) is 24.9. The highest BCUT2D eigenvalue weighted by Gasteiger charge is 2.34. The van der Waals surface area contributed by atoms with E-state index in [0.29, 0.717) is 28.1 Å². The van der Waals surface area contributed by atoms with Gasteiger partial charge in [-0.05, 0) is 47.8 Å². The zero-order valence-electron chi connectivity index (χ0n) is 12.5. The molecule has 1 amide bonds. The number of carbonyl (C=O) groups excluding carboxylic acids is 1. The lowest BCUT2D eigenvalue weighted by molar-refractivity contribution is -0.137. The Kier molecular flexibility index (Phi) is 5.28. The van der Waals surface area contributed by atoms with Crippen molar-refractivity contribution in [1.29, 1.82) is 0 Å². The van der Waals surface area contributed by atoms with Crippen LogP contribution in [0.25, 0.3) is 0 Å². The molecule has 1 fully saturated rings. The van der Waals surface area contributed by atoms with Crippen LogP contribution >= 0.6 is 15.9 Å². The number of rotatable bonds is 7. The molecule has 0 aliphatic heterocycles. The average molecular weight is 372 g/mol. The van der Waals surface area contributed by atoms with Gasteiger partial charge in [0.2, 0.25) is 0 Å². The number of benzene rings is 1. The monoisotopic (exact) mass is 371 g/mol. The molecule has 1 aliphatic rings. The third kappa shape index (κ3) is 3.71. The topological polar surface area (TPSA) is 76.1 Å². The smallest absolute Gasteiger partial charge is 0.323 e. The molecule has 0 heterocycles. The highest BCUT2D eigenvalue weighted by Crippen LogP contribution is 2.37. The van der Waals surface area contributed by atoms with E-state index >= 15 is 0 Å². The number of carbonyl (C=O) groups is 2. The SMILES string of the molecule is CCOc1c(Br)cc(C(=O)N(CC(=O)O)C2CC2)cc1OC. The Morgan fingerprint density at radius 1 is 1.41 bits per heavy atom. The summed E-state index contributed by atoms with van der Waals surface area (Å²) in [5.41, 5.74) is 0.375. The standard InChI is InChI=1S/C15H18BrNO5/c1-3-22-14-11(16)6-9(7-12(14)21-2)15(20)17(8-13(18)19)10-4-5-10/h6-7,10H,3-5,8H2,1-2H3,(H,18,19). The van der Waals surface area contributed by atoms with Crippen molar-refractivity contribution in [1.82, 2.24) is 4.90 Å². The summed E-state index contributed by atoms with van der Waals surface area (Å²) in [5, 5.41) is 8.98. The number of nitrogens with zero attached hydrogens (tertiary/aromatic N) is 1. The van der Waals surface area contributed by atoms with Crippen LogP contribution in [-0.4, -0.2) is 48.2 Å². The van der Waals surface area contributed by atoms with E-state index in [-0.39, 0.29) is 18.5 Å². The Hall–Kier alpha value is -1.76. The highest BCUT2D eigenvalue weighted by atomic mass is 79.9. The Labute approximate surface area is 137 Å². The minimum atomic E-state index is -1.02. The van der Waals surface area contributed by atoms with Crippen molar-refractivity contribution in [3.63, 3.8) is 0 Å². The van der Waals surface area contributed by atoms with Crippen molar-refractivity contribution in [3.8, 4) is 11.5 Å². The lowest BCUT2D eigenvalue weighted by atomic mass is 10.1. The van der Waals surface area contributed by atoms with Crippen molar-refractivity contribution >= 4 is 27.8 Å². The van der Waals surface area contributed by atoms with Crippen LogP contribution in [0.4, 0.5) is 0 Å². The first-order valence-electron chi connectivity index (χ1n) is 7.01. The van der Waals surface area contributed by atoms with Crippen LogP contribution in [0.3, 0.4) is 0 Å². The van der Waals surface area contributed by atoms with Crippen LogP contribution in [0.5, 0.6) is 11.5 Å². The number of carboxylic acids is 1. The molecule has 120 valence electrons.